The highest BCUT2D eigenvalue weighted by Crippen LogP contribution is 2.18. The molecule has 0 amide bonds. The van der Waals surface area contributed by atoms with E-state index in [-0.39, 0.29) is 11.8 Å². The van der Waals surface area contributed by atoms with Gasteiger partial charge in [0, 0.05) is 11.1 Å². The van der Waals surface area contributed by atoms with Crippen molar-refractivity contribution >= 4 is 5.78 Å². The molecule has 0 saturated heterocycles. The Morgan fingerprint density at radius 1 is 1.00 bits per heavy atom. The number of hydrogen-bond donors (Lipinski definition) is 0. The maximum atomic E-state index is 12.4. The molecule has 4 heteroatoms. The monoisotopic (exact) mass is 277 g/mol. The van der Waals surface area contributed by atoms with Crippen LogP contribution in [0.5, 0.6) is 0 Å². The Morgan fingerprint density at radius 3 is 2.29 bits per heavy atom. The van der Waals surface area contributed by atoms with Gasteiger partial charge >= 0.3 is 0 Å². The smallest absolute Gasteiger partial charge is 0.187 e. The first-order valence-corrected chi connectivity index (χ1v) is 6.82. The second kappa shape index (κ2) is 5.71. The van der Waals surface area contributed by atoms with Crippen LogP contribution in [0.15, 0.2) is 66.9 Å². The van der Waals surface area contributed by atoms with Crippen LogP contribution in [0.4, 0.5) is 0 Å². The van der Waals surface area contributed by atoms with Crippen LogP contribution in [0.2, 0.25) is 0 Å². The molecule has 3 rings (SSSR count). The van der Waals surface area contributed by atoms with Crippen molar-refractivity contribution in [1.29, 1.82) is 0 Å². The molecule has 4 nitrogen and oxygen atoms in total. The Balaban J connectivity index is 1.85. The number of hydrogen-bond acceptors (Lipinski definition) is 3. The summed E-state index contributed by atoms with van der Waals surface area (Å²) in [5, 5.41) is 8.23. The number of aromatic nitrogens is 3. The second-order valence-electron chi connectivity index (χ2n) is 4.86. The highest BCUT2D eigenvalue weighted by Gasteiger charge is 2.18. The lowest BCUT2D eigenvalue weighted by Gasteiger charge is -2.09. The van der Waals surface area contributed by atoms with Crippen LogP contribution in [0.25, 0.3) is 11.3 Å². The topological polar surface area (TPSA) is 47.8 Å². The van der Waals surface area contributed by atoms with Gasteiger partial charge in [-0.05, 0) is 6.92 Å². The summed E-state index contributed by atoms with van der Waals surface area (Å²) in [6.07, 6.45) is 1.81. The van der Waals surface area contributed by atoms with E-state index in [4.69, 9.17) is 0 Å². The minimum Gasteiger partial charge on any atom is -0.292 e. The van der Waals surface area contributed by atoms with Gasteiger partial charge in [0.1, 0.15) is 11.7 Å². The van der Waals surface area contributed by atoms with Gasteiger partial charge in [0.15, 0.2) is 5.78 Å². The summed E-state index contributed by atoms with van der Waals surface area (Å²) in [7, 11) is 0. The van der Waals surface area contributed by atoms with E-state index in [1.807, 2.05) is 67.6 Å². The number of ketones is 1. The standard InChI is InChI=1S/C17H15N3O/c1-13(17(21)15-10-6-3-7-11-15)20-12-16(18-19-20)14-8-4-2-5-9-14/h2-13H,1H3. The van der Waals surface area contributed by atoms with Crippen molar-refractivity contribution in [3.8, 4) is 11.3 Å². The lowest BCUT2D eigenvalue weighted by Crippen LogP contribution is -2.17. The summed E-state index contributed by atoms with van der Waals surface area (Å²) in [6, 6.07) is 18.7. The van der Waals surface area contributed by atoms with Crippen molar-refractivity contribution in [2.24, 2.45) is 0 Å². The first kappa shape index (κ1) is 13.2. The molecule has 0 saturated carbocycles. The molecular formula is C17H15N3O. The zero-order valence-electron chi connectivity index (χ0n) is 11.7. The average Bonchev–Trinajstić information content (AvgIpc) is 3.05. The van der Waals surface area contributed by atoms with E-state index in [2.05, 4.69) is 10.3 Å². The summed E-state index contributed by atoms with van der Waals surface area (Å²) < 4.78 is 1.61. The normalized spacial score (nSPS) is 12.0. The van der Waals surface area contributed by atoms with E-state index >= 15 is 0 Å². The second-order valence-corrected chi connectivity index (χ2v) is 4.86. The van der Waals surface area contributed by atoms with Crippen molar-refractivity contribution in [3.05, 3.63) is 72.4 Å². The number of carbonyl (C=O) groups is 1. The maximum absolute atomic E-state index is 12.4. The van der Waals surface area contributed by atoms with Crippen LogP contribution in [-0.2, 0) is 0 Å². The first-order chi connectivity index (χ1) is 10.3. The maximum Gasteiger partial charge on any atom is 0.187 e. The van der Waals surface area contributed by atoms with Crippen LogP contribution in [0.1, 0.15) is 23.3 Å². The fraction of sp³-hybridized carbons (Fsp3) is 0.118. The molecule has 21 heavy (non-hydrogen) atoms. The average molecular weight is 277 g/mol. The van der Waals surface area contributed by atoms with Crippen LogP contribution in [0, 0.1) is 0 Å². The molecule has 0 fully saturated rings. The molecule has 0 N–H and O–H groups in total. The number of rotatable bonds is 4. The Kier molecular flexibility index (Phi) is 3.60. The molecule has 104 valence electrons. The van der Waals surface area contributed by atoms with E-state index in [1.54, 1.807) is 10.9 Å². The van der Waals surface area contributed by atoms with Crippen LogP contribution in [-0.4, -0.2) is 20.8 Å². The molecule has 0 aliphatic rings. The molecule has 0 radical (unpaired) electrons. The minimum absolute atomic E-state index is 0.0279. The number of nitrogens with zero attached hydrogens (tertiary/aromatic N) is 3. The van der Waals surface area contributed by atoms with E-state index < -0.39 is 0 Å². The number of Topliss-reactive ketones (excluding diaryl/α,β-unsaturated/α-hetero) is 1. The molecule has 1 atom stereocenters. The summed E-state index contributed by atoms with van der Waals surface area (Å²) in [5.74, 6) is 0.0279. The van der Waals surface area contributed by atoms with Gasteiger partial charge in [-0.25, -0.2) is 4.68 Å². The van der Waals surface area contributed by atoms with E-state index in [9.17, 15) is 4.79 Å². The van der Waals surface area contributed by atoms with Crippen molar-refractivity contribution in [2.45, 2.75) is 13.0 Å². The van der Waals surface area contributed by atoms with Gasteiger partial charge in [-0.15, -0.1) is 5.10 Å². The van der Waals surface area contributed by atoms with Crippen LogP contribution in [0.3, 0.4) is 0 Å². The Morgan fingerprint density at radius 2 is 1.62 bits per heavy atom. The minimum atomic E-state index is -0.377. The third-order valence-electron chi connectivity index (χ3n) is 3.41. The van der Waals surface area contributed by atoms with Crippen LogP contribution < -0.4 is 0 Å². The van der Waals surface area contributed by atoms with Gasteiger partial charge in [-0.1, -0.05) is 65.9 Å². The van der Waals surface area contributed by atoms with Gasteiger partial charge in [0.2, 0.25) is 0 Å². The quantitative estimate of drug-likeness (QED) is 0.687. The van der Waals surface area contributed by atoms with Crippen molar-refractivity contribution in [3.63, 3.8) is 0 Å². The van der Waals surface area contributed by atoms with Gasteiger partial charge < -0.3 is 0 Å². The molecule has 1 aromatic heterocycles. The van der Waals surface area contributed by atoms with E-state index in [1.165, 1.54) is 0 Å². The fourth-order valence-electron chi connectivity index (χ4n) is 2.17. The van der Waals surface area contributed by atoms with Gasteiger partial charge in [-0.3, -0.25) is 4.79 Å². The first-order valence-electron chi connectivity index (χ1n) is 6.82. The van der Waals surface area contributed by atoms with E-state index in [0.29, 0.717) is 5.56 Å². The van der Waals surface area contributed by atoms with Crippen LogP contribution >= 0.6 is 0 Å². The fourth-order valence-corrected chi connectivity index (χ4v) is 2.17. The van der Waals surface area contributed by atoms with Crippen molar-refractivity contribution in [2.75, 3.05) is 0 Å². The van der Waals surface area contributed by atoms with Crippen molar-refractivity contribution in [1.82, 2.24) is 15.0 Å². The summed E-state index contributed by atoms with van der Waals surface area (Å²) >= 11 is 0. The third kappa shape index (κ3) is 2.74. The molecule has 2 aromatic carbocycles. The highest BCUT2D eigenvalue weighted by atomic mass is 16.1. The highest BCUT2D eigenvalue weighted by molar-refractivity contribution is 5.98. The molecule has 0 aliphatic heterocycles. The molecule has 1 unspecified atom stereocenters. The summed E-state index contributed by atoms with van der Waals surface area (Å²) in [4.78, 5) is 12.4. The number of carbonyl (C=O) groups excluding carboxylic acids is 1. The Bertz CT molecular complexity index is 735. The summed E-state index contributed by atoms with van der Waals surface area (Å²) in [5.41, 5.74) is 2.44. The molecular weight excluding hydrogens is 262 g/mol. The SMILES string of the molecule is CC(C(=O)c1ccccc1)n1cc(-c2ccccc2)nn1. The third-order valence-corrected chi connectivity index (χ3v) is 3.41. The zero-order valence-corrected chi connectivity index (χ0v) is 11.7. The predicted molar refractivity (Wildman–Crippen MR) is 80.9 cm³/mol. The Hall–Kier alpha value is -2.75. The van der Waals surface area contributed by atoms with Gasteiger partial charge in [0.05, 0.1) is 6.20 Å². The zero-order chi connectivity index (χ0) is 14.7. The van der Waals surface area contributed by atoms with E-state index in [0.717, 1.165) is 11.3 Å². The summed E-state index contributed by atoms with van der Waals surface area (Å²) in [6.45, 7) is 1.83. The molecule has 0 bridgehead atoms. The van der Waals surface area contributed by atoms with Gasteiger partial charge in [0.25, 0.3) is 0 Å². The molecule has 0 spiro atoms. The predicted octanol–water partition coefficient (Wildman–Crippen LogP) is 3.39. The number of benzene rings is 2. The Labute approximate surface area is 123 Å². The molecule has 3 aromatic rings. The largest absolute Gasteiger partial charge is 0.292 e. The van der Waals surface area contributed by atoms with Gasteiger partial charge in [-0.2, -0.15) is 0 Å². The lowest BCUT2D eigenvalue weighted by molar-refractivity contribution is 0.0927. The molecule has 1 heterocycles. The molecule has 0 aliphatic carbocycles. The van der Waals surface area contributed by atoms with Crippen molar-refractivity contribution < 1.29 is 4.79 Å². The lowest BCUT2D eigenvalue weighted by atomic mass is 10.1.